The van der Waals surface area contributed by atoms with E-state index in [9.17, 15) is 43.2 Å². The van der Waals surface area contributed by atoms with Gasteiger partial charge in [-0.15, -0.1) is 0 Å². The van der Waals surface area contributed by atoms with E-state index in [4.69, 9.17) is 37.0 Å². The lowest BCUT2D eigenvalue weighted by atomic mass is 9.99. The van der Waals surface area contributed by atoms with Gasteiger partial charge in [-0.25, -0.2) is 9.13 Å². The third-order valence-corrected chi connectivity index (χ3v) is 17.1. The first kappa shape index (κ1) is 79.1. The Kier molecular flexibility index (Phi) is 52.2. The van der Waals surface area contributed by atoms with E-state index in [1.165, 1.54) is 103 Å². The number of carbonyl (C=O) groups is 4. The van der Waals surface area contributed by atoms with Crippen molar-refractivity contribution in [3.8, 4) is 0 Å². The van der Waals surface area contributed by atoms with E-state index >= 15 is 0 Å². The molecule has 8 atom stereocenters. The summed E-state index contributed by atoms with van der Waals surface area (Å²) < 4.78 is 67.8. The maximum absolute atomic E-state index is 12.9. The number of aliphatic hydroxyl groups is 1. The molecule has 5 unspecified atom stereocenters. The largest absolute Gasteiger partial charge is 0.472 e. The van der Waals surface area contributed by atoms with Gasteiger partial charge in [0.1, 0.15) is 19.3 Å². The fourth-order valence-electron chi connectivity index (χ4n) is 9.03. The van der Waals surface area contributed by atoms with Crippen LogP contribution in [0.5, 0.6) is 0 Å². The number of rotatable bonds is 60. The summed E-state index contributed by atoms with van der Waals surface area (Å²) in [4.78, 5) is 71.9. The minimum atomic E-state index is -4.94. The maximum Gasteiger partial charge on any atom is 0.472 e. The highest BCUT2D eigenvalue weighted by molar-refractivity contribution is 7.47. The van der Waals surface area contributed by atoms with E-state index in [-0.39, 0.29) is 25.7 Å². The molecule has 0 saturated heterocycles. The van der Waals surface area contributed by atoms with Crippen LogP contribution in [0.4, 0.5) is 0 Å². The molecule has 0 bridgehead atoms. The molecule has 81 heavy (non-hydrogen) atoms. The van der Waals surface area contributed by atoms with Crippen molar-refractivity contribution in [2.75, 3.05) is 39.6 Å². The van der Waals surface area contributed by atoms with Gasteiger partial charge in [-0.1, -0.05) is 248 Å². The van der Waals surface area contributed by atoms with E-state index in [2.05, 4.69) is 48.5 Å². The number of hydrogen-bond donors (Lipinski definition) is 3. The van der Waals surface area contributed by atoms with Crippen LogP contribution in [0.1, 0.15) is 299 Å². The Morgan fingerprint density at radius 2 is 0.593 bits per heavy atom. The number of carbonyl (C=O) groups excluding carboxylic acids is 4. The summed E-state index contributed by atoms with van der Waals surface area (Å²) in [5.74, 6) is 0.166. The van der Waals surface area contributed by atoms with Gasteiger partial charge in [0, 0.05) is 25.7 Å². The van der Waals surface area contributed by atoms with Crippen LogP contribution in [-0.4, -0.2) is 96.7 Å². The van der Waals surface area contributed by atoms with Gasteiger partial charge in [0.25, 0.3) is 0 Å². The summed E-state index contributed by atoms with van der Waals surface area (Å²) in [6.07, 6.45) is 33.6. The molecule has 0 fully saturated rings. The van der Waals surface area contributed by atoms with E-state index in [1.54, 1.807) is 0 Å². The average Bonchev–Trinajstić information content (AvgIpc) is 3.44. The van der Waals surface area contributed by atoms with Gasteiger partial charge in [-0.05, 0) is 43.4 Å². The molecule has 0 spiro atoms. The van der Waals surface area contributed by atoms with Crippen LogP contribution >= 0.6 is 15.6 Å². The maximum atomic E-state index is 12.9. The zero-order chi connectivity index (χ0) is 60.3. The van der Waals surface area contributed by atoms with Crippen molar-refractivity contribution in [2.45, 2.75) is 317 Å². The van der Waals surface area contributed by atoms with Gasteiger partial charge in [0.15, 0.2) is 12.2 Å². The van der Waals surface area contributed by atoms with Gasteiger partial charge in [-0.2, -0.15) is 0 Å². The highest BCUT2D eigenvalue weighted by Gasteiger charge is 2.30. The number of ether oxygens (including phenoxy) is 4. The Hall–Kier alpha value is -1.94. The molecule has 0 aromatic carbocycles. The number of aliphatic hydroxyl groups excluding tert-OH is 1. The monoisotopic (exact) mass is 1200 g/mol. The third-order valence-electron chi connectivity index (χ3n) is 15.2. The van der Waals surface area contributed by atoms with E-state index < -0.39 is 97.5 Å². The first-order valence-corrected chi connectivity index (χ1v) is 35.5. The predicted octanol–water partition coefficient (Wildman–Crippen LogP) is 16.7. The zero-order valence-electron chi connectivity index (χ0n) is 52.2. The molecule has 0 aliphatic heterocycles. The molecule has 0 aliphatic carbocycles. The molecule has 0 radical (unpaired) electrons. The Morgan fingerprint density at radius 3 is 0.877 bits per heavy atom. The molecular formula is C62H120O17P2. The smallest absolute Gasteiger partial charge is 0.462 e. The van der Waals surface area contributed by atoms with Gasteiger partial charge in [0.05, 0.1) is 26.4 Å². The molecule has 0 aromatic heterocycles. The molecule has 17 nitrogen and oxygen atoms in total. The average molecular weight is 1200 g/mol. The molecule has 0 amide bonds. The van der Waals surface area contributed by atoms with Crippen LogP contribution in [0.2, 0.25) is 0 Å². The normalized spacial score (nSPS) is 15.4. The first-order chi connectivity index (χ1) is 38.8. The van der Waals surface area contributed by atoms with Gasteiger partial charge < -0.3 is 33.8 Å². The SMILES string of the molecule is CCCCCCCC(=O)OC[C@H](COP(=O)(O)OC[C@H](O)COP(=O)(O)OC[C@@H](COC(=O)CCCCCCCCCCC(C)CC)OC(=O)CCCCCCCCCCC(C)CC)OC(=O)CCCCCCCCCCC(C)CC. The zero-order valence-corrected chi connectivity index (χ0v) is 54.0. The number of hydrogen-bond acceptors (Lipinski definition) is 15. The third kappa shape index (κ3) is 53.3. The Bertz CT molecular complexity index is 1620. The van der Waals surface area contributed by atoms with E-state index in [0.29, 0.717) is 25.7 Å². The fraction of sp³-hybridized carbons (Fsp3) is 0.935. The van der Waals surface area contributed by atoms with Crippen molar-refractivity contribution in [3.05, 3.63) is 0 Å². The Labute approximate surface area is 492 Å². The van der Waals surface area contributed by atoms with E-state index in [1.807, 2.05) is 0 Å². The highest BCUT2D eigenvalue weighted by atomic mass is 31.2. The summed E-state index contributed by atoms with van der Waals surface area (Å²) in [6, 6.07) is 0. The standard InChI is InChI=1S/C62H120O17P2/c1-8-12-13-26-36-43-59(64)72-49-57(78-61(66)45-38-31-24-18-15-21-28-34-41-54(6)10-3)51-76-80(68,69)74-47-56(63)48-75-81(70,71)77-52-58(79-62(67)46-39-32-25-19-16-22-29-35-42-55(7)11-4)50-73-60(65)44-37-30-23-17-14-20-27-33-40-53(5)9-2/h53-58,63H,8-52H2,1-7H3,(H,68,69)(H,70,71)/t53?,54?,55?,56-,57+,58+/m0/s1. The van der Waals surface area contributed by atoms with Crippen molar-refractivity contribution in [3.63, 3.8) is 0 Å². The summed E-state index contributed by atoms with van der Waals surface area (Å²) in [7, 11) is -9.88. The second kappa shape index (κ2) is 53.5. The van der Waals surface area contributed by atoms with E-state index in [0.717, 1.165) is 114 Å². The minimum Gasteiger partial charge on any atom is -0.462 e. The fourth-order valence-corrected chi connectivity index (χ4v) is 10.6. The van der Waals surface area contributed by atoms with Crippen molar-refractivity contribution in [1.29, 1.82) is 0 Å². The topological polar surface area (TPSA) is 237 Å². The summed E-state index contributed by atoms with van der Waals surface area (Å²) >= 11 is 0. The lowest BCUT2D eigenvalue weighted by Crippen LogP contribution is -2.30. The number of esters is 4. The van der Waals surface area contributed by atoms with Crippen LogP contribution in [-0.2, 0) is 65.4 Å². The van der Waals surface area contributed by atoms with Crippen LogP contribution < -0.4 is 0 Å². The van der Waals surface area contributed by atoms with Crippen LogP contribution in [0.3, 0.4) is 0 Å². The first-order valence-electron chi connectivity index (χ1n) is 32.5. The molecule has 0 rings (SSSR count). The molecule has 0 aromatic rings. The van der Waals surface area contributed by atoms with Crippen LogP contribution in [0, 0.1) is 17.8 Å². The summed E-state index contributed by atoms with van der Waals surface area (Å²) in [6.45, 7) is 11.7. The summed E-state index contributed by atoms with van der Waals surface area (Å²) in [5.41, 5.74) is 0. The molecule has 0 aliphatic rings. The lowest BCUT2D eigenvalue weighted by molar-refractivity contribution is -0.161. The van der Waals surface area contributed by atoms with Crippen LogP contribution in [0.25, 0.3) is 0 Å². The lowest BCUT2D eigenvalue weighted by Gasteiger charge is -2.21. The second-order valence-corrected chi connectivity index (χ2v) is 26.1. The van der Waals surface area contributed by atoms with Gasteiger partial charge in [0.2, 0.25) is 0 Å². The Morgan fingerprint density at radius 1 is 0.346 bits per heavy atom. The van der Waals surface area contributed by atoms with Crippen molar-refractivity contribution >= 4 is 39.5 Å². The summed E-state index contributed by atoms with van der Waals surface area (Å²) in [5, 5.41) is 10.5. The minimum absolute atomic E-state index is 0.103. The molecular weight excluding hydrogens is 1080 g/mol. The molecule has 0 saturated carbocycles. The number of phosphoric acid groups is 2. The molecule has 0 heterocycles. The Balaban J connectivity index is 5.20. The van der Waals surface area contributed by atoms with Crippen molar-refractivity contribution in [1.82, 2.24) is 0 Å². The molecule has 19 heteroatoms. The van der Waals surface area contributed by atoms with Gasteiger partial charge >= 0.3 is 39.5 Å². The number of phosphoric ester groups is 2. The quantitative estimate of drug-likeness (QED) is 0.0222. The number of unbranched alkanes of at least 4 members (excludes halogenated alkanes) is 25. The van der Waals surface area contributed by atoms with Crippen molar-refractivity contribution < 1.29 is 80.2 Å². The predicted molar refractivity (Wildman–Crippen MR) is 321 cm³/mol. The molecule has 3 N–H and O–H groups in total. The van der Waals surface area contributed by atoms with Crippen LogP contribution in [0.15, 0.2) is 0 Å². The second-order valence-electron chi connectivity index (χ2n) is 23.2. The van der Waals surface area contributed by atoms with Crippen molar-refractivity contribution in [2.24, 2.45) is 17.8 Å². The van der Waals surface area contributed by atoms with Gasteiger partial charge in [-0.3, -0.25) is 37.3 Å². The highest BCUT2D eigenvalue weighted by Crippen LogP contribution is 2.45. The molecule has 480 valence electrons.